The van der Waals surface area contributed by atoms with Crippen LogP contribution >= 0.6 is 0 Å². The Bertz CT molecular complexity index is 512. The lowest BCUT2D eigenvalue weighted by atomic mass is 10.1. The van der Waals surface area contributed by atoms with E-state index >= 15 is 0 Å². The quantitative estimate of drug-likeness (QED) is 0.903. The van der Waals surface area contributed by atoms with Crippen LogP contribution in [0.4, 0.5) is 0 Å². The van der Waals surface area contributed by atoms with Crippen molar-refractivity contribution in [3.63, 3.8) is 0 Å². The lowest BCUT2D eigenvalue weighted by Gasteiger charge is -2.26. The molecule has 1 aliphatic heterocycles. The van der Waals surface area contributed by atoms with Crippen LogP contribution in [0.25, 0.3) is 5.69 Å². The predicted molar refractivity (Wildman–Crippen MR) is 80.9 cm³/mol. The van der Waals surface area contributed by atoms with E-state index in [-0.39, 0.29) is 0 Å². The van der Waals surface area contributed by atoms with Crippen LogP contribution < -0.4 is 5.32 Å². The molecule has 1 fully saturated rings. The summed E-state index contributed by atoms with van der Waals surface area (Å²) in [4.78, 5) is 2.56. The van der Waals surface area contributed by atoms with Crippen molar-refractivity contribution in [1.29, 1.82) is 0 Å². The summed E-state index contributed by atoms with van der Waals surface area (Å²) in [5.74, 6) is 0. The van der Waals surface area contributed by atoms with Crippen LogP contribution in [0, 0.1) is 0 Å². The van der Waals surface area contributed by atoms with E-state index in [1.807, 2.05) is 16.9 Å². The third-order valence-corrected chi connectivity index (χ3v) is 4.05. The Hall–Kier alpha value is -1.65. The summed E-state index contributed by atoms with van der Waals surface area (Å²) in [5, 5.41) is 7.70. The SMILES string of the molecule is CCN(Cc1ccc(-n2cccn2)cc1)C1CCNC1. The summed E-state index contributed by atoms with van der Waals surface area (Å²) in [6.45, 7) is 6.66. The van der Waals surface area contributed by atoms with E-state index in [1.165, 1.54) is 12.0 Å². The van der Waals surface area contributed by atoms with Gasteiger partial charge in [0.1, 0.15) is 0 Å². The molecule has 0 aliphatic carbocycles. The zero-order chi connectivity index (χ0) is 13.8. The normalized spacial score (nSPS) is 18.8. The van der Waals surface area contributed by atoms with Gasteiger partial charge in [0, 0.05) is 31.5 Å². The summed E-state index contributed by atoms with van der Waals surface area (Å²) in [6, 6.07) is 11.3. The van der Waals surface area contributed by atoms with Gasteiger partial charge < -0.3 is 5.32 Å². The first-order valence-electron chi connectivity index (χ1n) is 7.40. The molecular weight excluding hydrogens is 248 g/mol. The minimum absolute atomic E-state index is 0.686. The summed E-state index contributed by atoms with van der Waals surface area (Å²) in [7, 11) is 0. The fraction of sp³-hybridized carbons (Fsp3) is 0.438. The first-order valence-corrected chi connectivity index (χ1v) is 7.40. The first-order chi connectivity index (χ1) is 9.86. The van der Waals surface area contributed by atoms with Gasteiger partial charge in [-0.3, -0.25) is 4.90 Å². The molecule has 0 radical (unpaired) electrons. The Morgan fingerprint density at radius 2 is 2.20 bits per heavy atom. The zero-order valence-corrected chi connectivity index (χ0v) is 12.0. The number of nitrogens with one attached hydrogen (secondary N) is 1. The maximum Gasteiger partial charge on any atom is 0.0645 e. The van der Waals surface area contributed by atoms with Crippen LogP contribution in [0.2, 0.25) is 0 Å². The second-order valence-electron chi connectivity index (χ2n) is 5.33. The summed E-state index contributed by atoms with van der Waals surface area (Å²) in [6.07, 6.45) is 5.04. The Morgan fingerprint density at radius 1 is 1.35 bits per heavy atom. The monoisotopic (exact) mass is 270 g/mol. The lowest BCUT2D eigenvalue weighted by Crippen LogP contribution is -2.36. The van der Waals surface area contributed by atoms with Crippen LogP contribution in [-0.2, 0) is 6.54 Å². The molecule has 1 N–H and O–H groups in total. The molecule has 0 bridgehead atoms. The van der Waals surface area contributed by atoms with E-state index in [0.717, 1.165) is 31.9 Å². The summed E-state index contributed by atoms with van der Waals surface area (Å²) in [5.41, 5.74) is 2.49. The van der Waals surface area contributed by atoms with Gasteiger partial charge in [-0.15, -0.1) is 0 Å². The van der Waals surface area contributed by atoms with Gasteiger partial charge in [0.15, 0.2) is 0 Å². The second kappa shape index (κ2) is 6.20. The lowest BCUT2D eigenvalue weighted by molar-refractivity contribution is 0.210. The second-order valence-corrected chi connectivity index (χ2v) is 5.33. The number of hydrogen-bond donors (Lipinski definition) is 1. The number of nitrogens with zero attached hydrogens (tertiary/aromatic N) is 3. The molecule has 1 unspecified atom stereocenters. The molecule has 1 saturated heterocycles. The highest BCUT2D eigenvalue weighted by molar-refractivity contribution is 5.33. The molecule has 1 aromatic carbocycles. The van der Waals surface area contributed by atoms with Crippen molar-refractivity contribution >= 4 is 0 Å². The van der Waals surface area contributed by atoms with E-state index < -0.39 is 0 Å². The maximum atomic E-state index is 4.25. The van der Waals surface area contributed by atoms with Gasteiger partial charge in [0.05, 0.1) is 5.69 Å². The van der Waals surface area contributed by atoms with Crippen LogP contribution in [0.15, 0.2) is 42.7 Å². The Balaban J connectivity index is 1.68. The summed E-state index contributed by atoms with van der Waals surface area (Å²) >= 11 is 0. The minimum Gasteiger partial charge on any atom is -0.315 e. The maximum absolute atomic E-state index is 4.25. The molecule has 3 rings (SSSR count). The highest BCUT2D eigenvalue weighted by Gasteiger charge is 2.20. The van der Waals surface area contributed by atoms with Gasteiger partial charge in [0.25, 0.3) is 0 Å². The van der Waals surface area contributed by atoms with E-state index in [0.29, 0.717) is 6.04 Å². The Kier molecular flexibility index (Phi) is 4.14. The minimum atomic E-state index is 0.686. The van der Waals surface area contributed by atoms with Crippen molar-refractivity contribution in [3.05, 3.63) is 48.3 Å². The first kappa shape index (κ1) is 13.3. The molecule has 0 amide bonds. The van der Waals surface area contributed by atoms with Crippen LogP contribution in [0.1, 0.15) is 18.9 Å². The molecule has 20 heavy (non-hydrogen) atoms. The average Bonchev–Trinajstić information content (AvgIpc) is 3.18. The molecular formula is C16H22N4. The largest absolute Gasteiger partial charge is 0.315 e. The van der Waals surface area contributed by atoms with Crippen molar-refractivity contribution in [1.82, 2.24) is 20.0 Å². The number of benzene rings is 1. The fourth-order valence-electron chi connectivity index (χ4n) is 2.86. The Morgan fingerprint density at radius 3 is 2.80 bits per heavy atom. The van der Waals surface area contributed by atoms with Gasteiger partial charge in [0.2, 0.25) is 0 Å². The van der Waals surface area contributed by atoms with E-state index in [2.05, 4.69) is 46.5 Å². The van der Waals surface area contributed by atoms with Gasteiger partial charge >= 0.3 is 0 Å². The van der Waals surface area contributed by atoms with Gasteiger partial charge in [-0.25, -0.2) is 4.68 Å². The van der Waals surface area contributed by atoms with Crippen molar-refractivity contribution in [2.24, 2.45) is 0 Å². The topological polar surface area (TPSA) is 33.1 Å². The summed E-state index contributed by atoms with van der Waals surface area (Å²) < 4.78 is 1.89. The molecule has 1 aliphatic rings. The predicted octanol–water partition coefficient (Wildman–Crippen LogP) is 2.06. The van der Waals surface area contributed by atoms with Crippen LogP contribution in [0.3, 0.4) is 0 Å². The highest BCUT2D eigenvalue weighted by atomic mass is 15.3. The Labute approximate surface area is 120 Å². The molecule has 1 atom stereocenters. The van der Waals surface area contributed by atoms with Gasteiger partial charge in [-0.1, -0.05) is 19.1 Å². The zero-order valence-electron chi connectivity index (χ0n) is 12.0. The molecule has 2 heterocycles. The highest BCUT2D eigenvalue weighted by Crippen LogP contribution is 2.15. The van der Waals surface area contributed by atoms with Crippen molar-refractivity contribution in [3.8, 4) is 5.69 Å². The molecule has 4 nitrogen and oxygen atoms in total. The van der Waals surface area contributed by atoms with Crippen LogP contribution in [-0.4, -0.2) is 40.4 Å². The van der Waals surface area contributed by atoms with Gasteiger partial charge in [-0.05, 0) is 43.3 Å². The molecule has 106 valence electrons. The van der Waals surface area contributed by atoms with E-state index in [1.54, 1.807) is 6.20 Å². The number of rotatable bonds is 5. The average molecular weight is 270 g/mol. The molecule has 4 heteroatoms. The molecule has 2 aromatic rings. The number of hydrogen-bond acceptors (Lipinski definition) is 3. The molecule has 1 aromatic heterocycles. The third kappa shape index (κ3) is 2.92. The van der Waals surface area contributed by atoms with E-state index in [9.17, 15) is 0 Å². The number of aromatic nitrogens is 2. The molecule has 0 saturated carbocycles. The smallest absolute Gasteiger partial charge is 0.0645 e. The van der Waals surface area contributed by atoms with E-state index in [4.69, 9.17) is 0 Å². The van der Waals surface area contributed by atoms with Crippen molar-refractivity contribution in [2.75, 3.05) is 19.6 Å². The van der Waals surface area contributed by atoms with Gasteiger partial charge in [-0.2, -0.15) is 5.10 Å². The third-order valence-electron chi connectivity index (χ3n) is 4.05. The molecule has 0 spiro atoms. The van der Waals surface area contributed by atoms with Crippen LogP contribution in [0.5, 0.6) is 0 Å². The standard InChI is InChI=1S/C16H22N4/c1-2-19(16-8-10-17-12-16)13-14-4-6-15(7-5-14)20-11-3-9-18-20/h3-7,9,11,16-17H,2,8,10,12-13H2,1H3. The fourth-order valence-corrected chi connectivity index (χ4v) is 2.86. The van der Waals surface area contributed by atoms with Crippen molar-refractivity contribution < 1.29 is 0 Å². The van der Waals surface area contributed by atoms with Crippen molar-refractivity contribution in [2.45, 2.75) is 25.9 Å². The number of likely N-dealkylation sites (N-methyl/N-ethyl adjacent to an activating group) is 1.